The largest absolute Gasteiger partial charge is 0.360 e. The number of nitrogens with zero attached hydrogens (tertiary/aromatic N) is 3. The molecule has 1 aromatic carbocycles. The third kappa shape index (κ3) is 6.07. The predicted molar refractivity (Wildman–Crippen MR) is 116 cm³/mol. The fourth-order valence-corrected chi connectivity index (χ4v) is 4.46. The summed E-state index contributed by atoms with van der Waals surface area (Å²) in [5, 5.41) is 16.1. The van der Waals surface area contributed by atoms with Gasteiger partial charge in [-0.15, -0.1) is 11.8 Å². The minimum Gasteiger partial charge on any atom is -0.360 e. The molecule has 0 unspecified atom stereocenters. The number of aryl methyl sites for hydroxylation is 2. The van der Waals surface area contributed by atoms with Gasteiger partial charge in [0.05, 0.1) is 10.5 Å². The van der Waals surface area contributed by atoms with E-state index >= 15 is 0 Å². The Morgan fingerprint density at radius 3 is 2.58 bits per heavy atom. The summed E-state index contributed by atoms with van der Waals surface area (Å²) in [6.07, 6.45) is 0.207. The van der Waals surface area contributed by atoms with Gasteiger partial charge >= 0.3 is 0 Å². The molecule has 2 heterocycles. The molecule has 3 aromatic rings. The topological polar surface area (TPSA) is 138 Å². The van der Waals surface area contributed by atoms with Gasteiger partial charge in [-0.25, -0.2) is 13.4 Å². The third-order valence-electron chi connectivity index (χ3n) is 4.00. The van der Waals surface area contributed by atoms with Crippen molar-refractivity contribution in [3.63, 3.8) is 0 Å². The zero-order valence-electron chi connectivity index (χ0n) is 16.7. The Bertz CT molecular complexity index is 1230. The number of aromatic nitrogens is 2. The van der Waals surface area contributed by atoms with Crippen molar-refractivity contribution >= 4 is 39.2 Å². The van der Waals surface area contributed by atoms with Crippen molar-refractivity contribution in [2.45, 2.75) is 30.2 Å². The molecule has 1 amide bonds. The van der Waals surface area contributed by atoms with E-state index in [1.807, 2.05) is 6.92 Å². The second kappa shape index (κ2) is 9.63. The van der Waals surface area contributed by atoms with Crippen molar-refractivity contribution in [1.29, 1.82) is 5.26 Å². The summed E-state index contributed by atoms with van der Waals surface area (Å²) in [6.45, 7) is 3.49. The van der Waals surface area contributed by atoms with E-state index in [9.17, 15) is 13.2 Å². The van der Waals surface area contributed by atoms with Crippen LogP contribution in [0.2, 0.25) is 0 Å². The van der Waals surface area contributed by atoms with Crippen LogP contribution in [0.3, 0.4) is 0 Å². The molecule has 0 aliphatic carbocycles. The Labute approximate surface area is 183 Å². The standard InChI is InChI=1S/C20H19N5O4S2/c1-13-3-4-15(12-21)20(22-13)30-10-9-19(26)23-16-5-7-17(8-6-16)31(27,28)25-18-11-14(2)29-24-18/h3-8,11H,9-10H2,1-2H3,(H,23,26)(H,24,25). The number of thioether (sulfide) groups is 1. The minimum absolute atomic E-state index is 0.0243. The fourth-order valence-electron chi connectivity index (χ4n) is 2.52. The fraction of sp³-hybridized carbons (Fsp3) is 0.200. The molecule has 0 fully saturated rings. The van der Waals surface area contributed by atoms with Crippen LogP contribution in [-0.4, -0.2) is 30.2 Å². The maximum atomic E-state index is 12.4. The van der Waals surface area contributed by atoms with Crippen molar-refractivity contribution in [1.82, 2.24) is 10.1 Å². The number of carbonyl (C=O) groups is 1. The molecule has 160 valence electrons. The number of carbonyl (C=O) groups excluding carboxylic acids is 1. The average Bonchev–Trinajstić information content (AvgIpc) is 3.12. The number of nitriles is 1. The first-order valence-electron chi connectivity index (χ1n) is 9.13. The molecule has 0 radical (unpaired) electrons. The summed E-state index contributed by atoms with van der Waals surface area (Å²) >= 11 is 1.34. The second-order valence-electron chi connectivity index (χ2n) is 6.52. The molecule has 2 N–H and O–H groups in total. The summed E-state index contributed by atoms with van der Waals surface area (Å²) < 4.78 is 31.9. The zero-order valence-corrected chi connectivity index (χ0v) is 18.4. The molecule has 0 saturated carbocycles. The quantitative estimate of drug-likeness (QED) is 0.490. The Hall–Kier alpha value is -3.36. The third-order valence-corrected chi connectivity index (χ3v) is 6.37. The lowest BCUT2D eigenvalue weighted by Gasteiger charge is -2.08. The first kappa shape index (κ1) is 22.3. The van der Waals surface area contributed by atoms with Crippen molar-refractivity contribution in [3.8, 4) is 6.07 Å². The van der Waals surface area contributed by atoms with Crippen LogP contribution in [0.5, 0.6) is 0 Å². The SMILES string of the molecule is Cc1ccc(C#N)c(SCCC(=O)Nc2ccc(S(=O)(=O)Nc3cc(C)on3)cc2)n1. The number of amides is 1. The van der Waals surface area contributed by atoms with E-state index < -0.39 is 10.0 Å². The van der Waals surface area contributed by atoms with Gasteiger partial charge in [-0.2, -0.15) is 5.26 Å². The smallest absolute Gasteiger partial charge is 0.263 e. The van der Waals surface area contributed by atoms with Crippen LogP contribution in [0.15, 0.2) is 56.9 Å². The van der Waals surface area contributed by atoms with Gasteiger partial charge in [-0.1, -0.05) is 5.16 Å². The van der Waals surface area contributed by atoms with Gasteiger partial charge in [0.2, 0.25) is 5.91 Å². The lowest BCUT2D eigenvalue weighted by atomic mass is 10.3. The minimum atomic E-state index is -3.82. The molecule has 31 heavy (non-hydrogen) atoms. The molecule has 9 nitrogen and oxygen atoms in total. The van der Waals surface area contributed by atoms with E-state index in [-0.39, 0.29) is 23.0 Å². The van der Waals surface area contributed by atoms with Crippen molar-refractivity contribution < 1.29 is 17.7 Å². The van der Waals surface area contributed by atoms with Crippen molar-refractivity contribution in [2.24, 2.45) is 0 Å². The second-order valence-corrected chi connectivity index (χ2v) is 9.28. The zero-order chi connectivity index (χ0) is 22.4. The van der Waals surface area contributed by atoms with Gasteiger partial charge in [-0.3, -0.25) is 9.52 Å². The highest BCUT2D eigenvalue weighted by atomic mass is 32.2. The first-order valence-corrected chi connectivity index (χ1v) is 11.6. The van der Waals surface area contributed by atoms with Crippen LogP contribution in [0.4, 0.5) is 11.5 Å². The van der Waals surface area contributed by atoms with Crippen molar-refractivity contribution in [2.75, 3.05) is 15.8 Å². The van der Waals surface area contributed by atoms with E-state index in [0.717, 1.165) is 5.69 Å². The van der Waals surface area contributed by atoms with Crippen LogP contribution in [0, 0.1) is 25.2 Å². The molecule has 0 bridgehead atoms. The number of anilines is 2. The molecule has 0 spiro atoms. The van der Waals surface area contributed by atoms with E-state index in [0.29, 0.717) is 27.8 Å². The predicted octanol–water partition coefficient (Wildman–Crippen LogP) is 3.48. The highest BCUT2D eigenvalue weighted by Gasteiger charge is 2.16. The summed E-state index contributed by atoms with van der Waals surface area (Å²) in [5.41, 5.74) is 1.74. The van der Waals surface area contributed by atoms with E-state index in [1.54, 1.807) is 19.1 Å². The number of hydrogen-bond donors (Lipinski definition) is 2. The molecule has 2 aromatic heterocycles. The summed E-state index contributed by atoms with van der Waals surface area (Å²) in [6, 6.07) is 12.8. The average molecular weight is 458 g/mol. The molecule has 0 atom stereocenters. The molecular weight excluding hydrogens is 438 g/mol. The number of sulfonamides is 1. The Morgan fingerprint density at radius 1 is 1.19 bits per heavy atom. The Morgan fingerprint density at radius 2 is 1.94 bits per heavy atom. The first-order chi connectivity index (χ1) is 14.8. The highest BCUT2D eigenvalue weighted by Crippen LogP contribution is 2.22. The number of nitrogens with one attached hydrogen (secondary N) is 2. The summed E-state index contributed by atoms with van der Waals surface area (Å²) in [4.78, 5) is 16.5. The number of pyridine rings is 1. The maximum Gasteiger partial charge on any atom is 0.263 e. The van der Waals surface area contributed by atoms with Gasteiger partial charge in [0.1, 0.15) is 16.9 Å². The highest BCUT2D eigenvalue weighted by molar-refractivity contribution is 7.99. The van der Waals surface area contributed by atoms with Gasteiger partial charge in [0, 0.05) is 29.6 Å². The molecular formula is C20H19N5O4S2. The Balaban J connectivity index is 1.54. The lowest BCUT2D eigenvalue weighted by Crippen LogP contribution is -2.14. The summed E-state index contributed by atoms with van der Waals surface area (Å²) in [7, 11) is -3.82. The molecule has 3 rings (SSSR count). The molecule has 0 aliphatic rings. The van der Waals surface area contributed by atoms with Crippen molar-refractivity contribution in [3.05, 3.63) is 59.5 Å². The van der Waals surface area contributed by atoms with Crippen LogP contribution >= 0.6 is 11.8 Å². The van der Waals surface area contributed by atoms with Gasteiger partial charge < -0.3 is 9.84 Å². The van der Waals surface area contributed by atoms with Gasteiger partial charge in [0.25, 0.3) is 10.0 Å². The van der Waals surface area contributed by atoms with Crippen LogP contribution in [0.1, 0.15) is 23.4 Å². The lowest BCUT2D eigenvalue weighted by molar-refractivity contribution is -0.115. The Kier molecular flexibility index (Phi) is 6.94. The van der Waals surface area contributed by atoms with E-state index in [2.05, 4.69) is 26.2 Å². The van der Waals surface area contributed by atoms with Gasteiger partial charge in [-0.05, 0) is 50.2 Å². The maximum absolute atomic E-state index is 12.4. The van der Waals surface area contributed by atoms with Gasteiger partial charge in [0.15, 0.2) is 5.82 Å². The normalized spacial score (nSPS) is 11.0. The van der Waals surface area contributed by atoms with E-state index in [4.69, 9.17) is 9.78 Å². The number of benzene rings is 1. The number of hydrogen-bond acceptors (Lipinski definition) is 8. The van der Waals surface area contributed by atoms with Crippen LogP contribution in [-0.2, 0) is 14.8 Å². The molecule has 11 heteroatoms. The number of rotatable bonds is 8. The van der Waals surface area contributed by atoms with E-state index in [1.165, 1.54) is 42.1 Å². The summed E-state index contributed by atoms with van der Waals surface area (Å²) in [5.74, 6) is 0.793. The molecule has 0 aliphatic heterocycles. The molecule has 0 saturated heterocycles. The van der Waals surface area contributed by atoms with Crippen LogP contribution in [0.25, 0.3) is 0 Å². The monoisotopic (exact) mass is 457 g/mol. The van der Waals surface area contributed by atoms with Crippen LogP contribution < -0.4 is 10.0 Å².